The highest BCUT2D eigenvalue weighted by molar-refractivity contribution is 8.26. The number of carbonyl (C=O) groups is 3. The van der Waals surface area contributed by atoms with E-state index in [1.807, 2.05) is 20.8 Å². The molecule has 0 bridgehead atoms. The molecule has 154 valence electrons. The third-order valence-electron chi connectivity index (χ3n) is 5.05. The number of likely N-dealkylation sites (tertiary alicyclic amines) is 1. The Morgan fingerprint density at radius 3 is 2.24 bits per heavy atom. The third-order valence-corrected chi connectivity index (χ3v) is 6.35. The zero-order valence-electron chi connectivity index (χ0n) is 16.7. The quantitative estimate of drug-likeness (QED) is 0.581. The van der Waals surface area contributed by atoms with Crippen LogP contribution < -0.4 is 0 Å². The Labute approximate surface area is 179 Å². The van der Waals surface area contributed by atoms with Gasteiger partial charge in [0.05, 0.1) is 10.8 Å². The van der Waals surface area contributed by atoms with Crippen molar-refractivity contribution in [1.82, 2.24) is 9.80 Å². The summed E-state index contributed by atoms with van der Waals surface area (Å²) in [7, 11) is 0. The predicted octanol–water partition coefficient (Wildman–Crippen LogP) is 3.62. The van der Waals surface area contributed by atoms with Crippen molar-refractivity contribution in [3.05, 3.63) is 40.3 Å². The number of hydrogen-bond acceptors (Lipinski definition) is 5. The van der Waals surface area contributed by atoms with E-state index >= 15 is 0 Å². The molecule has 0 aromatic heterocycles. The molecule has 2 saturated heterocycles. The van der Waals surface area contributed by atoms with Crippen molar-refractivity contribution in [2.24, 2.45) is 5.92 Å². The SMILES string of the molecule is CC(C)(C)N1C(=O)C(=Cc2ccc(C(=O)N3CCC(C(=O)O)CC3)cc2)SC1=S. The number of carbonyl (C=O) groups excluding carboxylic acids is 2. The van der Waals surface area contributed by atoms with E-state index in [0.717, 1.165) is 5.56 Å². The number of thioether (sulfide) groups is 1. The summed E-state index contributed by atoms with van der Waals surface area (Å²) in [6, 6.07) is 7.09. The topological polar surface area (TPSA) is 77.9 Å². The van der Waals surface area contributed by atoms with Crippen LogP contribution >= 0.6 is 24.0 Å². The van der Waals surface area contributed by atoms with E-state index < -0.39 is 5.97 Å². The molecule has 1 N–H and O–H groups in total. The van der Waals surface area contributed by atoms with Gasteiger partial charge in [0.25, 0.3) is 11.8 Å². The van der Waals surface area contributed by atoms with Crippen LogP contribution in [0.25, 0.3) is 6.08 Å². The van der Waals surface area contributed by atoms with Crippen molar-refractivity contribution < 1.29 is 19.5 Å². The maximum atomic E-state index is 12.7. The molecule has 2 aliphatic heterocycles. The monoisotopic (exact) mass is 432 g/mol. The fourth-order valence-corrected chi connectivity index (χ4v) is 5.07. The number of rotatable bonds is 3. The summed E-state index contributed by atoms with van der Waals surface area (Å²) in [5.74, 6) is -1.36. The Morgan fingerprint density at radius 2 is 1.76 bits per heavy atom. The minimum Gasteiger partial charge on any atom is -0.481 e. The van der Waals surface area contributed by atoms with Gasteiger partial charge in [0.2, 0.25) is 0 Å². The lowest BCUT2D eigenvalue weighted by atomic mass is 9.96. The Balaban J connectivity index is 1.69. The molecule has 0 radical (unpaired) electrons. The van der Waals surface area contributed by atoms with Crippen LogP contribution in [0.2, 0.25) is 0 Å². The molecule has 2 aliphatic rings. The number of carboxylic acid groups (broad SMARTS) is 1. The van der Waals surface area contributed by atoms with Crippen LogP contribution in [-0.4, -0.2) is 55.6 Å². The van der Waals surface area contributed by atoms with Crippen LogP contribution in [0.4, 0.5) is 0 Å². The number of thiocarbonyl (C=S) groups is 1. The minimum atomic E-state index is -0.793. The molecule has 1 aromatic rings. The average Bonchev–Trinajstić information content (AvgIpc) is 2.95. The number of nitrogens with zero attached hydrogens (tertiary/aromatic N) is 2. The van der Waals surface area contributed by atoms with Crippen molar-refractivity contribution in [3.63, 3.8) is 0 Å². The van der Waals surface area contributed by atoms with Crippen molar-refractivity contribution in [2.75, 3.05) is 13.1 Å². The third kappa shape index (κ3) is 4.70. The molecule has 0 saturated carbocycles. The molecule has 0 aliphatic carbocycles. The van der Waals surface area contributed by atoms with Crippen LogP contribution in [0, 0.1) is 5.92 Å². The van der Waals surface area contributed by atoms with Gasteiger partial charge in [-0.25, -0.2) is 0 Å². The Morgan fingerprint density at radius 1 is 1.17 bits per heavy atom. The molecule has 2 fully saturated rings. The van der Waals surface area contributed by atoms with Gasteiger partial charge in [-0.1, -0.05) is 36.1 Å². The van der Waals surface area contributed by atoms with E-state index in [1.54, 1.807) is 40.1 Å². The van der Waals surface area contributed by atoms with Crippen molar-refractivity contribution in [3.8, 4) is 0 Å². The van der Waals surface area contributed by atoms with Gasteiger partial charge in [-0.05, 0) is 57.4 Å². The second-order valence-corrected chi connectivity index (χ2v) is 9.89. The Hall–Kier alpha value is -2.19. The summed E-state index contributed by atoms with van der Waals surface area (Å²) in [6.07, 6.45) is 2.75. The largest absolute Gasteiger partial charge is 0.481 e. The lowest BCUT2D eigenvalue weighted by molar-refractivity contribution is -0.143. The van der Waals surface area contributed by atoms with Gasteiger partial charge in [0, 0.05) is 24.2 Å². The first-order chi connectivity index (χ1) is 13.6. The molecule has 1 aromatic carbocycles. The number of carboxylic acids is 1. The lowest BCUT2D eigenvalue weighted by Crippen LogP contribution is -2.44. The average molecular weight is 433 g/mol. The van der Waals surface area contributed by atoms with Gasteiger partial charge in [-0.2, -0.15) is 0 Å². The molecule has 2 heterocycles. The van der Waals surface area contributed by atoms with Gasteiger partial charge < -0.3 is 10.0 Å². The van der Waals surface area contributed by atoms with Gasteiger partial charge in [-0.3, -0.25) is 19.3 Å². The van der Waals surface area contributed by atoms with E-state index in [9.17, 15) is 14.4 Å². The van der Waals surface area contributed by atoms with Crippen molar-refractivity contribution in [2.45, 2.75) is 39.2 Å². The van der Waals surface area contributed by atoms with Gasteiger partial charge in [-0.15, -0.1) is 0 Å². The molecule has 29 heavy (non-hydrogen) atoms. The van der Waals surface area contributed by atoms with Crippen LogP contribution in [-0.2, 0) is 9.59 Å². The summed E-state index contributed by atoms with van der Waals surface area (Å²) in [5, 5.41) is 9.08. The number of benzene rings is 1. The summed E-state index contributed by atoms with van der Waals surface area (Å²) in [5.41, 5.74) is 1.000. The minimum absolute atomic E-state index is 0.0977. The Bertz CT molecular complexity index is 879. The van der Waals surface area contributed by atoms with E-state index in [1.165, 1.54) is 11.8 Å². The second-order valence-electron chi connectivity index (χ2n) is 8.21. The molecular formula is C21H24N2O4S2. The molecule has 8 heteroatoms. The molecule has 3 rings (SSSR count). The molecule has 2 amide bonds. The highest BCUT2D eigenvalue weighted by Crippen LogP contribution is 2.36. The maximum absolute atomic E-state index is 12.7. The predicted molar refractivity (Wildman–Crippen MR) is 117 cm³/mol. The molecule has 0 spiro atoms. The first-order valence-corrected chi connectivity index (χ1v) is 10.7. The lowest BCUT2D eigenvalue weighted by Gasteiger charge is -2.30. The van der Waals surface area contributed by atoms with Crippen molar-refractivity contribution >= 4 is 52.2 Å². The van der Waals surface area contributed by atoms with Gasteiger partial charge >= 0.3 is 5.97 Å². The summed E-state index contributed by atoms with van der Waals surface area (Å²) in [4.78, 5) is 40.3. The number of piperidine rings is 1. The summed E-state index contributed by atoms with van der Waals surface area (Å²) in [6.45, 7) is 6.74. The van der Waals surface area contributed by atoms with E-state index in [4.69, 9.17) is 17.3 Å². The Kier molecular flexibility index (Phi) is 6.14. The highest BCUT2D eigenvalue weighted by atomic mass is 32.2. The van der Waals surface area contributed by atoms with Crippen LogP contribution in [0.5, 0.6) is 0 Å². The zero-order valence-corrected chi connectivity index (χ0v) is 18.3. The zero-order chi connectivity index (χ0) is 21.3. The number of hydrogen-bond donors (Lipinski definition) is 1. The molecule has 0 atom stereocenters. The van der Waals surface area contributed by atoms with E-state index in [-0.39, 0.29) is 23.3 Å². The maximum Gasteiger partial charge on any atom is 0.306 e. The number of amides is 2. The highest BCUT2D eigenvalue weighted by Gasteiger charge is 2.39. The van der Waals surface area contributed by atoms with Crippen LogP contribution in [0.3, 0.4) is 0 Å². The first kappa shape index (κ1) is 21.5. The number of aliphatic carboxylic acids is 1. The van der Waals surface area contributed by atoms with Crippen molar-refractivity contribution in [1.29, 1.82) is 0 Å². The first-order valence-electron chi connectivity index (χ1n) is 9.48. The summed E-state index contributed by atoms with van der Waals surface area (Å²) >= 11 is 6.64. The second kappa shape index (κ2) is 8.28. The summed E-state index contributed by atoms with van der Waals surface area (Å²) < 4.78 is 0.547. The smallest absolute Gasteiger partial charge is 0.306 e. The molecule has 0 unspecified atom stereocenters. The fraction of sp³-hybridized carbons (Fsp3) is 0.429. The van der Waals surface area contributed by atoms with E-state index in [2.05, 4.69) is 0 Å². The fourth-order valence-electron chi connectivity index (χ4n) is 3.43. The van der Waals surface area contributed by atoms with Gasteiger partial charge in [0.1, 0.15) is 4.32 Å². The van der Waals surface area contributed by atoms with Crippen LogP contribution in [0.15, 0.2) is 29.2 Å². The van der Waals surface area contributed by atoms with Crippen LogP contribution in [0.1, 0.15) is 49.5 Å². The normalized spacial score (nSPS) is 19.9. The molecular weight excluding hydrogens is 408 g/mol. The molecule has 6 nitrogen and oxygen atoms in total. The standard InChI is InChI=1S/C21H24N2O4S2/c1-21(2,3)23-18(25)16(29-20(23)28)12-13-4-6-14(7-5-13)17(24)22-10-8-15(9-11-22)19(26)27/h4-7,12,15H,8-11H2,1-3H3,(H,26,27). The van der Waals surface area contributed by atoms with Gasteiger partial charge in [0.15, 0.2) is 0 Å². The van der Waals surface area contributed by atoms with E-state index in [0.29, 0.717) is 40.7 Å².